The predicted molar refractivity (Wildman–Crippen MR) is 128 cm³/mol. The number of aromatic nitrogens is 4. The molecule has 0 saturated heterocycles. The molecule has 1 aliphatic heterocycles. The Bertz CT molecular complexity index is 1850. The maximum atomic E-state index is 13.3. The largest absolute Gasteiger partial charge is 0.465 e. The first kappa shape index (κ1) is 19.7. The fourth-order valence-electron chi connectivity index (χ4n) is 4.76. The number of fused-ring (bicyclic) bond motifs is 6. The SMILES string of the molecule is Cc1ccc(C2c3c(c4ccccc4oc3=O)Oc3ncn4nc(-c5ccccc5C)nc4c32)o1. The first-order valence-electron chi connectivity index (χ1n) is 11.2. The Balaban J connectivity index is 1.56. The number of para-hydroxylation sites is 1. The number of aryl methyl sites for hydroxylation is 2. The maximum absolute atomic E-state index is 13.3. The van der Waals surface area contributed by atoms with Crippen LogP contribution in [0.2, 0.25) is 0 Å². The standard InChI is InChI=1S/C27H18N4O4/c1-14-7-3-4-8-16(14)24-29-25-22-20(19-12-11-15(2)33-19)21-23(35-26(22)28-13-31(25)30-24)17-9-5-6-10-18(17)34-27(21)32/h3-13,20H,1-2H3. The quantitative estimate of drug-likeness (QED) is 0.318. The van der Waals surface area contributed by atoms with Crippen LogP contribution in [-0.4, -0.2) is 19.6 Å². The van der Waals surface area contributed by atoms with Gasteiger partial charge in [0.25, 0.3) is 0 Å². The van der Waals surface area contributed by atoms with E-state index in [0.29, 0.717) is 51.0 Å². The molecule has 1 unspecified atom stereocenters. The summed E-state index contributed by atoms with van der Waals surface area (Å²) in [5.41, 5.74) is 3.40. The van der Waals surface area contributed by atoms with Crippen molar-refractivity contribution in [3.63, 3.8) is 0 Å². The number of ether oxygens (including phenoxy) is 1. The molecule has 0 saturated carbocycles. The lowest BCUT2D eigenvalue weighted by molar-refractivity contribution is 0.402. The third-order valence-electron chi connectivity index (χ3n) is 6.39. The third-order valence-corrected chi connectivity index (χ3v) is 6.39. The number of nitrogens with zero attached hydrogens (tertiary/aromatic N) is 4. The zero-order valence-corrected chi connectivity index (χ0v) is 18.9. The van der Waals surface area contributed by atoms with Gasteiger partial charge in [-0.05, 0) is 43.7 Å². The summed E-state index contributed by atoms with van der Waals surface area (Å²) in [6, 6.07) is 18.9. The van der Waals surface area contributed by atoms with E-state index >= 15 is 0 Å². The van der Waals surface area contributed by atoms with E-state index in [-0.39, 0.29) is 0 Å². The van der Waals surface area contributed by atoms with Gasteiger partial charge < -0.3 is 13.6 Å². The van der Waals surface area contributed by atoms with E-state index in [4.69, 9.17) is 18.6 Å². The highest BCUT2D eigenvalue weighted by Crippen LogP contribution is 2.49. The van der Waals surface area contributed by atoms with Gasteiger partial charge >= 0.3 is 5.63 Å². The molecule has 6 aromatic rings. The molecular weight excluding hydrogens is 444 g/mol. The van der Waals surface area contributed by atoms with E-state index in [1.54, 1.807) is 16.9 Å². The van der Waals surface area contributed by atoms with Crippen molar-refractivity contribution in [1.82, 2.24) is 19.6 Å². The molecule has 5 heterocycles. The van der Waals surface area contributed by atoms with Crippen molar-refractivity contribution in [1.29, 1.82) is 0 Å². The predicted octanol–water partition coefficient (Wildman–Crippen LogP) is 5.39. The lowest BCUT2D eigenvalue weighted by Crippen LogP contribution is -2.22. The molecule has 0 spiro atoms. The van der Waals surface area contributed by atoms with Gasteiger partial charge in [0.1, 0.15) is 23.4 Å². The average Bonchev–Trinajstić information content (AvgIpc) is 3.49. The molecule has 0 aliphatic carbocycles. The van der Waals surface area contributed by atoms with Crippen molar-refractivity contribution >= 4 is 16.6 Å². The van der Waals surface area contributed by atoms with Crippen molar-refractivity contribution in [2.45, 2.75) is 19.8 Å². The average molecular weight is 462 g/mol. The molecule has 0 bridgehead atoms. The summed E-state index contributed by atoms with van der Waals surface area (Å²) in [5, 5.41) is 5.35. The zero-order valence-electron chi connectivity index (χ0n) is 18.9. The molecule has 0 radical (unpaired) electrons. The van der Waals surface area contributed by atoms with Crippen molar-refractivity contribution in [3.05, 3.63) is 106 Å². The minimum Gasteiger partial charge on any atom is -0.465 e. The molecule has 2 aromatic carbocycles. The van der Waals surface area contributed by atoms with Crippen LogP contribution in [0.3, 0.4) is 0 Å². The van der Waals surface area contributed by atoms with E-state index in [1.807, 2.05) is 68.4 Å². The van der Waals surface area contributed by atoms with Crippen LogP contribution in [-0.2, 0) is 0 Å². The molecule has 7 rings (SSSR count). The highest BCUT2D eigenvalue weighted by Gasteiger charge is 2.39. The second-order valence-corrected chi connectivity index (χ2v) is 8.59. The molecule has 4 aromatic heterocycles. The van der Waals surface area contributed by atoms with Crippen LogP contribution >= 0.6 is 0 Å². The molecule has 0 N–H and O–H groups in total. The van der Waals surface area contributed by atoms with E-state index in [1.165, 1.54) is 0 Å². The van der Waals surface area contributed by atoms with Gasteiger partial charge in [-0.1, -0.05) is 36.4 Å². The fourth-order valence-corrected chi connectivity index (χ4v) is 4.76. The number of benzene rings is 2. The first-order chi connectivity index (χ1) is 17.1. The molecule has 35 heavy (non-hydrogen) atoms. The highest BCUT2D eigenvalue weighted by molar-refractivity contribution is 5.86. The van der Waals surface area contributed by atoms with Crippen LogP contribution in [0.4, 0.5) is 0 Å². The Kier molecular flexibility index (Phi) is 4.02. The second-order valence-electron chi connectivity index (χ2n) is 8.59. The summed E-state index contributed by atoms with van der Waals surface area (Å²) in [4.78, 5) is 22.8. The lowest BCUT2D eigenvalue weighted by Gasteiger charge is -2.25. The molecule has 8 heteroatoms. The summed E-state index contributed by atoms with van der Waals surface area (Å²) < 4.78 is 19.6. The van der Waals surface area contributed by atoms with Crippen molar-refractivity contribution in [2.75, 3.05) is 0 Å². The lowest BCUT2D eigenvalue weighted by atomic mass is 9.88. The Morgan fingerprint density at radius 1 is 0.914 bits per heavy atom. The molecule has 1 atom stereocenters. The van der Waals surface area contributed by atoms with Gasteiger partial charge in [-0.15, -0.1) is 5.10 Å². The minimum atomic E-state index is -0.631. The van der Waals surface area contributed by atoms with Gasteiger partial charge in [-0.2, -0.15) is 0 Å². The Morgan fingerprint density at radius 2 is 1.74 bits per heavy atom. The van der Waals surface area contributed by atoms with Crippen LogP contribution in [0.5, 0.6) is 11.6 Å². The Morgan fingerprint density at radius 3 is 2.57 bits per heavy atom. The molecule has 0 fully saturated rings. The molecule has 170 valence electrons. The highest BCUT2D eigenvalue weighted by atomic mass is 16.5. The van der Waals surface area contributed by atoms with E-state index in [2.05, 4.69) is 10.1 Å². The summed E-state index contributed by atoms with van der Waals surface area (Å²) >= 11 is 0. The number of hydrogen-bond donors (Lipinski definition) is 0. The van der Waals surface area contributed by atoms with Gasteiger partial charge in [0.05, 0.1) is 22.4 Å². The second kappa shape index (κ2) is 7.14. The smallest absolute Gasteiger partial charge is 0.344 e. The van der Waals surface area contributed by atoms with Gasteiger partial charge in [0.15, 0.2) is 17.2 Å². The number of rotatable bonds is 2. The summed E-state index contributed by atoms with van der Waals surface area (Å²) in [6.45, 7) is 3.87. The van der Waals surface area contributed by atoms with Crippen LogP contribution in [0, 0.1) is 13.8 Å². The van der Waals surface area contributed by atoms with Gasteiger partial charge in [-0.25, -0.2) is 19.3 Å². The first-order valence-corrected chi connectivity index (χ1v) is 11.2. The van der Waals surface area contributed by atoms with Crippen molar-refractivity contribution in [2.24, 2.45) is 0 Å². The summed E-state index contributed by atoms with van der Waals surface area (Å²) in [7, 11) is 0. The van der Waals surface area contributed by atoms with E-state index in [0.717, 1.165) is 16.9 Å². The van der Waals surface area contributed by atoms with E-state index in [9.17, 15) is 4.79 Å². The van der Waals surface area contributed by atoms with Gasteiger partial charge in [-0.3, -0.25) is 0 Å². The minimum absolute atomic E-state index is 0.348. The molecule has 0 amide bonds. The van der Waals surface area contributed by atoms with Crippen molar-refractivity contribution < 1.29 is 13.6 Å². The molecular formula is C27H18N4O4. The summed E-state index contributed by atoms with van der Waals surface area (Å²) in [6.07, 6.45) is 1.58. The van der Waals surface area contributed by atoms with Crippen molar-refractivity contribution in [3.8, 4) is 23.0 Å². The Hall–Kier alpha value is -4.72. The van der Waals surface area contributed by atoms with E-state index < -0.39 is 11.5 Å². The van der Waals surface area contributed by atoms with Gasteiger partial charge in [0, 0.05) is 5.56 Å². The van der Waals surface area contributed by atoms with Crippen LogP contribution in [0.25, 0.3) is 28.0 Å². The van der Waals surface area contributed by atoms with Crippen LogP contribution < -0.4 is 10.4 Å². The number of furan rings is 1. The molecule has 8 nitrogen and oxygen atoms in total. The Labute approximate surface area is 198 Å². The van der Waals surface area contributed by atoms with Crippen LogP contribution in [0.15, 0.2) is 80.6 Å². The van der Waals surface area contributed by atoms with Crippen LogP contribution in [0.1, 0.15) is 34.1 Å². The normalized spacial score (nSPS) is 14.6. The zero-order chi connectivity index (χ0) is 23.7. The summed E-state index contributed by atoms with van der Waals surface area (Å²) in [5.74, 6) is 1.99. The number of hydrogen-bond acceptors (Lipinski definition) is 7. The topological polar surface area (TPSA) is 95.7 Å². The third kappa shape index (κ3) is 2.86. The monoisotopic (exact) mass is 462 g/mol. The maximum Gasteiger partial charge on any atom is 0.344 e. The van der Waals surface area contributed by atoms with Gasteiger partial charge in [0.2, 0.25) is 5.88 Å². The molecule has 1 aliphatic rings. The fraction of sp³-hybridized carbons (Fsp3) is 0.111.